The van der Waals surface area contributed by atoms with Crippen molar-refractivity contribution in [2.45, 2.75) is 54.0 Å². The second kappa shape index (κ2) is 8.51. The van der Waals surface area contributed by atoms with Gasteiger partial charge in [-0.1, -0.05) is 54.0 Å². The van der Waals surface area contributed by atoms with Gasteiger partial charge < -0.3 is 4.43 Å². The Balaban J connectivity index is 4.17. The molecule has 3 heteroatoms. The van der Waals surface area contributed by atoms with Crippen LogP contribution in [0.4, 0.5) is 0 Å². The van der Waals surface area contributed by atoms with Gasteiger partial charge in [-0.25, -0.2) is 4.79 Å². The van der Waals surface area contributed by atoms with Crippen LogP contribution < -0.4 is 0 Å². The monoisotopic (exact) mass is 256 g/mol. The van der Waals surface area contributed by atoms with Crippen LogP contribution in [0.5, 0.6) is 0 Å². The number of carbonyl (C=O) groups excluding carboxylic acids is 1. The standard InChI is InChI=1S/C14H28O2Si/c1-10(2)7-8-17-16-14(15)13(12(5)6)9-11(3)4/h9-12H,7-8,17H2,1-6H3. The first kappa shape index (κ1) is 16.4. The first-order valence-electron chi connectivity index (χ1n) is 6.73. The van der Waals surface area contributed by atoms with Gasteiger partial charge >= 0.3 is 5.97 Å². The van der Waals surface area contributed by atoms with E-state index in [1.165, 1.54) is 6.42 Å². The largest absolute Gasteiger partial charge is 0.522 e. The summed E-state index contributed by atoms with van der Waals surface area (Å²) >= 11 is 0. The summed E-state index contributed by atoms with van der Waals surface area (Å²) in [4.78, 5) is 11.9. The van der Waals surface area contributed by atoms with E-state index in [0.717, 1.165) is 11.6 Å². The molecule has 0 saturated carbocycles. The van der Waals surface area contributed by atoms with Gasteiger partial charge in [0.2, 0.25) is 9.76 Å². The lowest BCUT2D eigenvalue weighted by atomic mass is 9.99. The normalized spacial score (nSPS) is 13.4. The molecule has 17 heavy (non-hydrogen) atoms. The molecule has 0 fully saturated rings. The van der Waals surface area contributed by atoms with Gasteiger partial charge in [0.05, 0.1) is 0 Å². The fraction of sp³-hybridized carbons (Fsp3) is 0.786. The van der Waals surface area contributed by atoms with Crippen LogP contribution in [-0.4, -0.2) is 15.7 Å². The summed E-state index contributed by atoms with van der Waals surface area (Å²) < 4.78 is 5.45. The summed E-state index contributed by atoms with van der Waals surface area (Å²) in [6.45, 7) is 12.7. The molecule has 0 aliphatic heterocycles. The van der Waals surface area contributed by atoms with Crippen molar-refractivity contribution in [2.24, 2.45) is 17.8 Å². The average molecular weight is 256 g/mol. The Morgan fingerprint density at radius 3 is 2.18 bits per heavy atom. The van der Waals surface area contributed by atoms with Crippen LogP contribution in [0.25, 0.3) is 0 Å². The maximum atomic E-state index is 11.9. The molecule has 0 aliphatic rings. The van der Waals surface area contributed by atoms with Crippen LogP contribution in [0.3, 0.4) is 0 Å². The maximum absolute atomic E-state index is 11.9. The number of hydrogen-bond acceptors (Lipinski definition) is 2. The summed E-state index contributed by atoms with van der Waals surface area (Å²) in [6, 6.07) is 1.09. The fourth-order valence-electron chi connectivity index (χ4n) is 1.60. The van der Waals surface area contributed by atoms with Gasteiger partial charge in [-0.2, -0.15) is 0 Å². The summed E-state index contributed by atoms with van der Waals surface area (Å²) in [5.41, 5.74) is 0.844. The molecule has 0 bridgehead atoms. The smallest absolute Gasteiger partial charge is 0.320 e. The van der Waals surface area contributed by atoms with Crippen LogP contribution >= 0.6 is 0 Å². The predicted molar refractivity (Wildman–Crippen MR) is 76.7 cm³/mol. The number of carbonyl (C=O) groups is 1. The molecule has 0 aromatic rings. The van der Waals surface area contributed by atoms with Crippen molar-refractivity contribution >= 4 is 15.7 Å². The minimum Gasteiger partial charge on any atom is -0.522 e. The molecule has 0 radical (unpaired) electrons. The Labute approximate surface area is 109 Å². The van der Waals surface area contributed by atoms with Crippen molar-refractivity contribution in [2.75, 3.05) is 0 Å². The number of rotatable bonds is 7. The topological polar surface area (TPSA) is 26.3 Å². The molecule has 0 aromatic carbocycles. The van der Waals surface area contributed by atoms with Crippen molar-refractivity contribution in [1.29, 1.82) is 0 Å². The molecule has 2 nitrogen and oxygen atoms in total. The molecule has 0 saturated heterocycles. The van der Waals surface area contributed by atoms with E-state index in [9.17, 15) is 4.79 Å². The molecule has 0 unspecified atom stereocenters. The van der Waals surface area contributed by atoms with E-state index in [2.05, 4.69) is 27.7 Å². The SMILES string of the molecule is CC(C)C=C(C(=O)O[SiH2]CCC(C)C)C(C)C. The van der Waals surface area contributed by atoms with Crippen molar-refractivity contribution in [3.05, 3.63) is 11.6 Å². The first-order chi connectivity index (χ1) is 7.84. The molecule has 0 N–H and O–H groups in total. The average Bonchev–Trinajstić information content (AvgIpc) is 2.19. The summed E-state index contributed by atoms with van der Waals surface area (Å²) in [5, 5.41) is 0. The van der Waals surface area contributed by atoms with Gasteiger partial charge in [0.1, 0.15) is 0 Å². The van der Waals surface area contributed by atoms with Crippen LogP contribution in [0.1, 0.15) is 48.0 Å². The second-order valence-corrected chi connectivity index (χ2v) is 7.10. The highest BCUT2D eigenvalue weighted by atomic mass is 28.2. The summed E-state index contributed by atoms with van der Waals surface area (Å²) in [5.74, 6) is 1.28. The predicted octanol–water partition coefficient (Wildman–Crippen LogP) is 3.32. The van der Waals surface area contributed by atoms with Crippen LogP contribution in [0.15, 0.2) is 11.6 Å². The van der Waals surface area contributed by atoms with E-state index < -0.39 is 9.76 Å². The molecule has 0 atom stereocenters. The minimum absolute atomic E-state index is 0.0795. The highest BCUT2D eigenvalue weighted by Crippen LogP contribution is 2.15. The van der Waals surface area contributed by atoms with Gasteiger partial charge in [0, 0.05) is 5.57 Å². The van der Waals surface area contributed by atoms with Gasteiger partial charge in [-0.3, -0.25) is 0 Å². The van der Waals surface area contributed by atoms with Gasteiger partial charge in [-0.05, 0) is 23.8 Å². The van der Waals surface area contributed by atoms with Crippen LogP contribution in [-0.2, 0) is 9.22 Å². The maximum Gasteiger partial charge on any atom is 0.320 e. The third kappa shape index (κ3) is 8.19. The Morgan fingerprint density at radius 1 is 1.18 bits per heavy atom. The molecule has 0 rings (SSSR count). The minimum atomic E-state index is -0.678. The first-order valence-corrected chi connectivity index (χ1v) is 8.31. The molecule has 0 heterocycles. The van der Waals surface area contributed by atoms with E-state index in [4.69, 9.17) is 4.43 Å². The lowest BCUT2D eigenvalue weighted by Gasteiger charge is -2.13. The lowest BCUT2D eigenvalue weighted by molar-refractivity contribution is -0.130. The molecule has 0 amide bonds. The van der Waals surface area contributed by atoms with E-state index in [1.54, 1.807) is 0 Å². The Kier molecular flexibility index (Phi) is 8.22. The second-order valence-electron chi connectivity index (χ2n) is 5.69. The molecule has 0 aromatic heterocycles. The third-order valence-electron chi connectivity index (χ3n) is 2.53. The Hall–Kier alpha value is -0.573. The van der Waals surface area contributed by atoms with Gasteiger partial charge in [0.15, 0.2) is 0 Å². The zero-order valence-electron chi connectivity index (χ0n) is 12.2. The summed E-state index contributed by atoms with van der Waals surface area (Å²) in [6.07, 6.45) is 3.20. The molecular weight excluding hydrogens is 228 g/mol. The highest BCUT2D eigenvalue weighted by molar-refractivity contribution is 6.31. The third-order valence-corrected chi connectivity index (χ3v) is 3.69. The van der Waals surface area contributed by atoms with Gasteiger partial charge in [0.25, 0.3) is 0 Å². The lowest BCUT2D eigenvalue weighted by Crippen LogP contribution is -2.16. The molecule has 0 spiro atoms. The van der Waals surface area contributed by atoms with E-state index >= 15 is 0 Å². The van der Waals surface area contributed by atoms with Crippen molar-refractivity contribution in [1.82, 2.24) is 0 Å². The number of hydrogen-bond donors (Lipinski definition) is 0. The van der Waals surface area contributed by atoms with Gasteiger partial charge in [-0.15, -0.1) is 0 Å². The Morgan fingerprint density at radius 2 is 1.76 bits per heavy atom. The molecule has 100 valence electrons. The highest BCUT2D eigenvalue weighted by Gasteiger charge is 2.14. The fourth-order valence-corrected chi connectivity index (χ4v) is 3.07. The zero-order valence-corrected chi connectivity index (χ0v) is 13.7. The van der Waals surface area contributed by atoms with Crippen molar-refractivity contribution < 1.29 is 9.22 Å². The van der Waals surface area contributed by atoms with E-state index in [0.29, 0.717) is 11.8 Å². The summed E-state index contributed by atoms with van der Waals surface area (Å²) in [7, 11) is -0.678. The zero-order chi connectivity index (χ0) is 13.4. The Bertz CT molecular complexity index is 255. The van der Waals surface area contributed by atoms with Crippen LogP contribution in [0.2, 0.25) is 6.04 Å². The number of allylic oxidation sites excluding steroid dienone is 1. The van der Waals surface area contributed by atoms with Crippen molar-refractivity contribution in [3.63, 3.8) is 0 Å². The van der Waals surface area contributed by atoms with Crippen LogP contribution in [0, 0.1) is 17.8 Å². The van der Waals surface area contributed by atoms with Crippen molar-refractivity contribution in [3.8, 4) is 0 Å². The van der Waals surface area contributed by atoms with E-state index in [1.807, 2.05) is 19.9 Å². The van der Waals surface area contributed by atoms with E-state index in [-0.39, 0.29) is 11.9 Å². The quantitative estimate of drug-likeness (QED) is 0.397. The molecule has 0 aliphatic carbocycles. The molecular formula is C14H28O2Si.